The fourth-order valence-corrected chi connectivity index (χ4v) is 3.14. The number of hydrogen-bond acceptors (Lipinski definition) is 2. The first-order chi connectivity index (χ1) is 9.40. The van der Waals surface area contributed by atoms with Crippen LogP contribution in [-0.4, -0.2) is 22.4 Å². The molecule has 4 heteroatoms. The van der Waals surface area contributed by atoms with E-state index in [1.165, 1.54) is 4.90 Å². The predicted molar refractivity (Wildman–Crippen MR) is 76.1 cm³/mol. The van der Waals surface area contributed by atoms with Crippen molar-refractivity contribution in [1.82, 2.24) is 10.2 Å². The van der Waals surface area contributed by atoms with Crippen molar-refractivity contribution in [2.45, 2.75) is 45.7 Å². The fourth-order valence-electron chi connectivity index (χ4n) is 3.14. The fraction of sp³-hybridized carbons (Fsp3) is 0.500. The molecule has 106 valence electrons. The van der Waals surface area contributed by atoms with Crippen molar-refractivity contribution in [1.29, 1.82) is 0 Å². The molecule has 1 aromatic carbocycles. The van der Waals surface area contributed by atoms with E-state index in [2.05, 4.69) is 11.4 Å². The molecule has 2 aliphatic rings. The third kappa shape index (κ3) is 2.09. The Bertz CT molecular complexity index is 572. The lowest BCUT2D eigenvalue weighted by Crippen LogP contribution is -2.46. The van der Waals surface area contributed by atoms with E-state index >= 15 is 0 Å². The highest BCUT2D eigenvalue weighted by Gasteiger charge is 2.55. The summed E-state index contributed by atoms with van der Waals surface area (Å²) in [6.07, 6.45) is 2.06. The monoisotopic (exact) mass is 272 g/mol. The molecule has 1 heterocycles. The number of imide groups is 1. The van der Waals surface area contributed by atoms with Gasteiger partial charge in [-0.2, -0.15) is 0 Å². The summed E-state index contributed by atoms with van der Waals surface area (Å²) in [6, 6.07) is 5.88. The van der Waals surface area contributed by atoms with Crippen LogP contribution in [0.4, 0.5) is 4.79 Å². The highest BCUT2D eigenvalue weighted by molar-refractivity contribution is 6.07. The van der Waals surface area contributed by atoms with Crippen molar-refractivity contribution in [3.8, 4) is 0 Å². The van der Waals surface area contributed by atoms with Crippen molar-refractivity contribution in [2.75, 3.05) is 0 Å². The van der Waals surface area contributed by atoms with Crippen LogP contribution in [0.2, 0.25) is 0 Å². The SMILES string of the molecule is Cc1cc(C)cc(CN2C(=O)NC(C)(C3CC3)C2=O)c1. The Balaban J connectivity index is 1.83. The number of hydrogen-bond donors (Lipinski definition) is 1. The van der Waals surface area contributed by atoms with Crippen LogP contribution in [0, 0.1) is 19.8 Å². The minimum Gasteiger partial charge on any atom is -0.323 e. The van der Waals surface area contributed by atoms with Crippen LogP contribution in [0.15, 0.2) is 18.2 Å². The number of nitrogens with zero attached hydrogens (tertiary/aromatic N) is 1. The predicted octanol–water partition coefficient (Wildman–Crippen LogP) is 2.52. The Morgan fingerprint density at radius 2 is 1.80 bits per heavy atom. The Kier molecular flexibility index (Phi) is 2.85. The molecular weight excluding hydrogens is 252 g/mol. The average molecular weight is 272 g/mol. The van der Waals surface area contributed by atoms with Gasteiger partial charge in [0.1, 0.15) is 5.54 Å². The standard InChI is InChI=1S/C16H20N2O2/c1-10-6-11(2)8-12(7-10)9-18-14(19)16(3,13-4-5-13)17-15(18)20/h6-8,13H,4-5,9H2,1-3H3,(H,17,20). The van der Waals surface area contributed by atoms with E-state index < -0.39 is 5.54 Å². The van der Waals surface area contributed by atoms with Crippen molar-refractivity contribution in [3.05, 3.63) is 34.9 Å². The zero-order valence-electron chi connectivity index (χ0n) is 12.2. The number of nitrogens with one attached hydrogen (secondary N) is 1. The maximum absolute atomic E-state index is 12.5. The molecule has 0 radical (unpaired) electrons. The van der Waals surface area contributed by atoms with E-state index in [1.54, 1.807) is 0 Å². The van der Waals surface area contributed by atoms with Crippen molar-refractivity contribution >= 4 is 11.9 Å². The minimum absolute atomic E-state index is 0.0795. The van der Waals surface area contributed by atoms with Gasteiger partial charge in [0.05, 0.1) is 6.54 Å². The maximum atomic E-state index is 12.5. The van der Waals surface area contributed by atoms with Gasteiger partial charge in [-0.15, -0.1) is 0 Å². The summed E-state index contributed by atoms with van der Waals surface area (Å²) in [5, 5.41) is 2.88. The molecule has 2 fully saturated rings. The number of carbonyl (C=O) groups is 2. The Hall–Kier alpha value is -1.84. The highest BCUT2D eigenvalue weighted by Crippen LogP contribution is 2.42. The second-order valence-corrected chi connectivity index (χ2v) is 6.29. The summed E-state index contributed by atoms with van der Waals surface area (Å²) < 4.78 is 0. The second kappa shape index (κ2) is 4.33. The van der Waals surface area contributed by atoms with Crippen LogP contribution in [0.3, 0.4) is 0 Å². The molecule has 3 amide bonds. The molecule has 1 unspecified atom stereocenters. The molecule has 1 saturated heterocycles. The number of benzene rings is 1. The molecule has 0 spiro atoms. The maximum Gasteiger partial charge on any atom is 0.325 e. The van der Waals surface area contributed by atoms with Crippen LogP contribution in [0.25, 0.3) is 0 Å². The Labute approximate surface area is 119 Å². The smallest absolute Gasteiger partial charge is 0.323 e. The molecule has 1 aliphatic heterocycles. The molecule has 1 atom stereocenters. The quantitative estimate of drug-likeness (QED) is 0.860. The van der Waals surface area contributed by atoms with Crippen LogP contribution in [-0.2, 0) is 11.3 Å². The van der Waals surface area contributed by atoms with E-state index in [9.17, 15) is 9.59 Å². The van der Waals surface area contributed by atoms with Gasteiger partial charge in [0.2, 0.25) is 0 Å². The largest absolute Gasteiger partial charge is 0.325 e. The molecule has 1 aliphatic carbocycles. The lowest BCUT2D eigenvalue weighted by molar-refractivity contribution is -0.131. The first kappa shape index (κ1) is 13.2. The van der Waals surface area contributed by atoms with E-state index in [4.69, 9.17) is 0 Å². The molecule has 1 aromatic rings. The first-order valence-corrected chi connectivity index (χ1v) is 7.11. The van der Waals surface area contributed by atoms with E-state index in [1.807, 2.05) is 32.9 Å². The van der Waals surface area contributed by atoms with Crippen LogP contribution >= 0.6 is 0 Å². The van der Waals surface area contributed by atoms with Gasteiger partial charge in [0, 0.05) is 0 Å². The number of carbonyl (C=O) groups excluding carboxylic acids is 2. The minimum atomic E-state index is -0.685. The molecule has 0 bridgehead atoms. The Morgan fingerprint density at radius 1 is 1.20 bits per heavy atom. The molecule has 1 N–H and O–H groups in total. The second-order valence-electron chi connectivity index (χ2n) is 6.29. The molecule has 0 aromatic heterocycles. The number of urea groups is 1. The number of amides is 3. The van der Waals surface area contributed by atoms with Gasteiger partial charge < -0.3 is 5.32 Å². The summed E-state index contributed by atoms with van der Waals surface area (Å²) >= 11 is 0. The average Bonchev–Trinajstić information content (AvgIpc) is 3.14. The van der Waals surface area contributed by atoms with Crippen molar-refractivity contribution in [2.24, 2.45) is 5.92 Å². The van der Waals surface area contributed by atoms with E-state index in [0.717, 1.165) is 29.5 Å². The van der Waals surface area contributed by atoms with Crippen LogP contribution in [0.1, 0.15) is 36.5 Å². The van der Waals surface area contributed by atoms with Gasteiger partial charge in [0.25, 0.3) is 5.91 Å². The third-order valence-corrected chi connectivity index (χ3v) is 4.32. The first-order valence-electron chi connectivity index (χ1n) is 7.11. The van der Waals surface area contributed by atoms with Gasteiger partial charge in [-0.05, 0) is 45.1 Å². The van der Waals surface area contributed by atoms with Crippen molar-refractivity contribution < 1.29 is 9.59 Å². The molecular formula is C16H20N2O2. The topological polar surface area (TPSA) is 49.4 Å². The lowest BCUT2D eigenvalue weighted by atomic mass is 9.96. The van der Waals surface area contributed by atoms with Gasteiger partial charge in [-0.3, -0.25) is 9.69 Å². The number of aryl methyl sites for hydroxylation is 2. The van der Waals surface area contributed by atoms with E-state index in [0.29, 0.717) is 12.5 Å². The molecule has 1 saturated carbocycles. The van der Waals surface area contributed by atoms with Crippen LogP contribution in [0.5, 0.6) is 0 Å². The van der Waals surface area contributed by atoms with Gasteiger partial charge in [0.15, 0.2) is 0 Å². The van der Waals surface area contributed by atoms with Gasteiger partial charge >= 0.3 is 6.03 Å². The summed E-state index contributed by atoms with van der Waals surface area (Å²) in [4.78, 5) is 26.0. The Morgan fingerprint density at radius 3 is 2.35 bits per heavy atom. The van der Waals surface area contributed by atoms with Gasteiger partial charge in [-0.25, -0.2) is 4.79 Å². The summed E-state index contributed by atoms with van der Waals surface area (Å²) in [7, 11) is 0. The summed E-state index contributed by atoms with van der Waals surface area (Å²) in [6.45, 7) is 6.26. The third-order valence-electron chi connectivity index (χ3n) is 4.32. The van der Waals surface area contributed by atoms with E-state index in [-0.39, 0.29) is 11.9 Å². The van der Waals surface area contributed by atoms with Crippen molar-refractivity contribution in [3.63, 3.8) is 0 Å². The summed E-state index contributed by atoms with van der Waals surface area (Å²) in [5.74, 6) is 0.229. The molecule has 3 rings (SSSR count). The number of rotatable bonds is 3. The normalized spacial score (nSPS) is 26.1. The zero-order valence-corrected chi connectivity index (χ0v) is 12.2. The molecule has 20 heavy (non-hydrogen) atoms. The zero-order chi connectivity index (χ0) is 14.5. The highest BCUT2D eigenvalue weighted by atomic mass is 16.2. The van der Waals surface area contributed by atoms with Gasteiger partial charge in [-0.1, -0.05) is 29.3 Å². The lowest BCUT2D eigenvalue weighted by Gasteiger charge is -2.21. The molecule has 4 nitrogen and oxygen atoms in total. The summed E-state index contributed by atoms with van der Waals surface area (Å²) in [5.41, 5.74) is 2.62. The van der Waals surface area contributed by atoms with Crippen LogP contribution < -0.4 is 5.32 Å².